The number of benzene rings is 3. The van der Waals surface area contributed by atoms with Gasteiger partial charge in [0, 0.05) is 21.3 Å². The van der Waals surface area contributed by atoms with Gasteiger partial charge in [-0.25, -0.2) is 0 Å². The van der Waals surface area contributed by atoms with Gasteiger partial charge in [0.2, 0.25) is 0 Å². The first-order valence-corrected chi connectivity index (χ1v) is 9.47. The standard InChI is InChI=1S/C22H19BrClNO/c1-15-6-8-17(9-7-15)14-26-22-11-10-19(23)12-18(22)13-25-21-5-3-4-20(24)16(21)2/h3-13H,14H2,1-2H3. The molecular weight excluding hydrogens is 410 g/mol. The zero-order valence-corrected chi connectivity index (χ0v) is 17.0. The van der Waals surface area contributed by atoms with Crippen LogP contribution in [0.25, 0.3) is 0 Å². The number of ether oxygens (including phenoxy) is 1. The Kier molecular flexibility index (Phi) is 6.12. The highest BCUT2D eigenvalue weighted by molar-refractivity contribution is 9.10. The van der Waals surface area contributed by atoms with Crippen LogP contribution in [0.3, 0.4) is 0 Å². The maximum Gasteiger partial charge on any atom is 0.128 e. The van der Waals surface area contributed by atoms with E-state index in [0.717, 1.165) is 32.6 Å². The Morgan fingerprint density at radius 3 is 2.58 bits per heavy atom. The van der Waals surface area contributed by atoms with Crippen LogP contribution in [0.1, 0.15) is 22.3 Å². The summed E-state index contributed by atoms with van der Waals surface area (Å²) in [6, 6.07) is 20.0. The quantitative estimate of drug-likeness (QED) is 0.399. The summed E-state index contributed by atoms with van der Waals surface area (Å²) in [5.41, 5.74) is 5.09. The molecule has 0 aliphatic heterocycles. The third-order valence-electron chi connectivity index (χ3n) is 4.07. The Hall–Kier alpha value is -2.10. The van der Waals surface area contributed by atoms with Crippen LogP contribution in [0, 0.1) is 13.8 Å². The van der Waals surface area contributed by atoms with Gasteiger partial charge in [-0.1, -0.05) is 63.4 Å². The monoisotopic (exact) mass is 427 g/mol. The van der Waals surface area contributed by atoms with Crippen LogP contribution in [-0.2, 0) is 6.61 Å². The van der Waals surface area contributed by atoms with E-state index in [1.165, 1.54) is 5.56 Å². The topological polar surface area (TPSA) is 21.6 Å². The summed E-state index contributed by atoms with van der Waals surface area (Å²) in [5.74, 6) is 0.789. The molecule has 0 heterocycles. The Labute approximate surface area is 167 Å². The van der Waals surface area contributed by atoms with Gasteiger partial charge >= 0.3 is 0 Å². The predicted octanol–water partition coefficient (Wildman–Crippen LogP) is 7.05. The summed E-state index contributed by atoms with van der Waals surface area (Å²) in [7, 11) is 0. The van der Waals surface area contributed by atoms with Gasteiger partial charge in [-0.2, -0.15) is 0 Å². The lowest BCUT2D eigenvalue weighted by Crippen LogP contribution is -1.98. The van der Waals surface area contributed by atoms with Crippen molar-refractivity contribution >= 4 is 39.4 Å². The van der Waals surface area contributed by atoms with Gasteiger partial charge in [0.25, 0.3) is 0 Å². The maximum absolute atomic E-state index is 6.17. The van der Waals surface area contributed by atoms with Gasteiger partial charge in [0.1, 0.15) is 12.4 Å². The van der Waals surface area contributed by atoms with Crippen LogP contribution >= 0.6 is 27.5 Å². The van der Waals surface area contributed by atoms with Crippen molar-refractivity contribution in [2.45, 2.75) is 20.5 Å². The molecule has 0 amide bonds. The van der Waals surface area contributed by atoms with Crippen molar-refractivity contribution in [3.63, 3.8) is 0 Å². The van der Waals surface area contributed by atoms with E-state index in [1.54, 1.807) is 0 Å². The number of aryl methyl sites for hydroxylation is 1. The minimum atomic E-state index is 0.513. The van der Waals surface area contributed by atoms with Crippen molar-refractivity contribution in [3.05, 3.63) is 92.4 Å². The number of aliphatic imine (C=N–C) groups is 1. The lowest BCUT2D eigenvalue weighted by atomic mass is 10.1. The Bertz CT molecular complexity index is 935. The van der Waals surface area contributed by atoms with Crippen molar-refractivity contribution in [2.24, 2.45) is 4.99 Å². The van der Waals surface area contributed by atoms with E-state index in [9.17, 15) is 0 Å². The normalized spacial score (nSPS) is 11.1. The third-order valence-corrected chi connectivity index (χ3v) is 4.97. The number of nitrogens with zero attached hydrogens (tertiary/aromatic N) is 1. The molecule has 0 aliphatic rings. The average molecular weight is 429 g/mol. The molecule has 0 saturated heterocycles. The van der Waals surface area contributed by atoms with E-state index in [2.05, 4.69) is 52.1 Å². The zero-order valence-electron chi connectivity index (χ0n) is 14.7. The highest BCUT2D eigenvalue weighted by atomic mass is 79.9. The van der Waals surface area contributed by atoms with Gasteiger partial charge in [0.05, 0.1) is 5.69 Å². The van der Waals surface area contributed by atoms with Gasteiger partial charge in [0.15, 0.2) is 0 Å². The highest BCUT2D eigenvalue weighted by Gasteiger charge is 2.05. The van der Waals surface area contributed by atoms with Gasteiger partial charge in [-0.05, 0) is 55.3 Å². The van der Waals surface area contributed by atoms with E-state index >= 15 is 0 Å². The van der Waals surface area contributed by atoms with Crippen molar-refractivity contribution in [1.82, 2.24) is 0 Å². The number of hydrogen-bond acceptors (Lipinski definition) is 2. The summed E-state index contributed by atoms with van der Waals surface area (Å²) in [5, 5.41) is 0.713. The first-order valence-electron chi connectivity index (χ1n) is 8.30. The van der Waals surface area contributed by atoms with E-state index in [1.807, 2.05) is 49.5 Å². The average Bonchev–Trinajstić information content (AvgIpc) is 2.63. The SMILES string of the molecule is Cc1ccc(COc2ccc(Br)cc2C=Nc2cccc(Cl)c2C)cc1. The lowest BCUT2D eigenvalue weighted by molar-refractivity contribution is 0.306. The molecule has 0 aromatic heterocycles. The van der Waals surface area contributed by atoms with Gasteiger partial charge < -0.3 is 4.74 Å². The molecule has 0 unspecified atom stereocenters. The largest absolute Gasteiger partial charge is 0.488 e. The molecule has 132 valence electrons. The van der Waals surface area contributed by atoms with Crippen LogP contribution in [0.2, 0.25) is 5.02 Å². The van der Waals surface area contributed by atoms with E-state index in [0.29, 0.717) is 11.6 Å². The van der Waals surface area contributed by atoms with Crippen LogP contribution in [0.4, 0.5) is 5.69 Å². The summed E-state index contributed by atoms with van der Waals surface area (Å²) < 4.78 is 7.00. The summed E-state index contributed by atoms with van der Waals surface area (Å²) >= 11 is 9.69. The lowest BCUT2D eigenvalue weighted by Gasteiger charge is -2.10. The second-order valence-electron chi connectivity index (χ2n) is 6.10. The zero-order chi connectivity index (χ0) is 18.5. The highest BCUT2D eigenvalue weighted by Crippen LogP contribution is 2.27. The number of halogens is 2. The molecule has 3 aromatic rings. The first-order chi connectivity index (χ1) is 12.5. The molecule has 0 radical (unpaired) electrons. The summed E-state index contributed by atoms with van der Waals surface area (Å²) in [6.45, 7) is 4.55. The van der Waals surface area contributed by atoms with Crippen molar-refractivity contribution in [2.75, 3.05) is 0 Å². The van der Waals surface area contributed by atoms with E-state index in [4.69, 9.17) is 16.3 Å². The summed E-state index contributed by atoms with van der Waals surface area (Å²) in [4.78, 5) is 4.59. The Balaban J connectivity index is 1.82. The van der Waals surface area contributed by atoms with Crippen molar-refractivity contribution in [3.8, 4) is 5.75 Å². The molecule has 0 saturated carbocycles. The van der Waals surface area contributed by atoms with Crippen molar-refractivity contribution in [1.29, 1.82) is 0 Å². The molecule has 0 N–H and O–H groups in total. The molecule has 3 rings (SSSR count). The van der Waals surface area contributed by atoms with Crippen LogP contribution < -0.4 is 4.74 Å². The Morgan fingerprint density at radius 1 is 1.04 bits per heavy atom. The van der Waals surface area contributed by atoms with Crippen LogP contribution in [0.5, 0.6) is 5.75 Å². The Morgan fingerprint density at radius 2 is 1.81 bits per heavy atom. The molecule has 0 atom stereocenters. The van der Waals surface area contributed by atoms with E-state index < -0.39 is 0 Å². The molecule has 0 fully saturated rings. The van der Waals surface area contributed by atoms with Gasteiger partial charge in [-0.15, -0.1) is 0 Å². The first kappa shape index (κ1) is 18.7. The molecule has 0 spiro atoms. The maximum atomic E-state index is 6.17. The van der Waals surface area contributed by atoms with Crippen molar-refractivity contribution < 1.29 is 4.74 Å². The molecular formula is C22H19BrClNO. The number of rotatable bonds is 5. The minimum Gasteiger partial charge on any atom is -0.488 e. The fourth-order valence-corrected chi connectivity index (χ4v) is 3.02. The third kappa shape index (κ3) is 4.75. The molecule has 0 aliphatic carbocycles. The molecule has 3 aromatic carbocycles. The van der Waals surface area contributed by atoms with Crippen LogP contribution in [0.15, 0.2) is 70.1 Å². The van der Waals surface area contributed by atoms with E-state index in [-0.39, 0.29) is 0 Å². The molecule has 4 heteroatoms. The fraction of sp³-hybridized carbons (Fsp3) is 0.136. The summed E-state index contributed by atoms with van der Waals surface area (Å²) in [6.07, 6.45) is 1.81. The van der Waals surface area contributed by atoms with Gasteiger partial charge in [-0.3, -0.25) is 4.99 Å². The molecule has 2 nitrogen and oxygen atoms in total. The minimum absolute atomic E-state index is 0.513. The smallest absolute Gasteiger partial charge is 0.128 e. The predicted molar refractivity (Wildman–Crippen MR) is 113 cm³/mol. The second kappa shape index (κ2) is 8.52. The van der Waals surface area contributed by atoms with Crippen LogP contribution in [-0.4, -0.2) is 6.21 Å². The fourth-order valence-electron chi connectivity index (χ4n) is 2.47. The molecule has 0 bridgehead atoms. The number of hydrogen-bond donors (Lipinski definition) is 0. The second-order valence-corrected chi connectivity index (χ2v) is 7.42. The molecule has 26 heavy (non-hydrogen) atoms.